The summed E-state index contributed by atoms with van der Waals surface area (Å²) >= 11 is 0. The third kappa shape index (κ3) is 10.9. The van der Waals surface area contributed by atoms with Crippen LogP contribution >= 0.6 is 0 Å². The molecule has 0 bridgehead atoms. The molecule has 1 aliphatic rings. The molecule has 0 amide bonds. The highest BCUT2D eigenvalue weighted by Crippen LogP contribution is 2.14. The molecule has 1 rings (SSSR count). The second kappa shape index (κ2) is 10.1. The standard InChI is InChI=1S/C7H18O2Si.C6H13N/c1-4-8-6-7(3,10)9-5-2;7-6-4-2-1-3-5-6/h4-6H2,1-3,10H3;6H,1-5,7H2. The molecule has 0 heterocycles. The van der Waals surface area contributed by atoms with Crippen LogP contribution in [0.1, 0.15) is 52.9 Å². The van der Waals surface area contributed by atoms with E-state index in [2.05, 4.69) is 6.92 Å². The van der Waals surface area contributed by atoms with Crippen molar-refractivity contribution < 1.29 is 9.47 Å². The topological polar surface area (TPSA) is 44.5 Å². The molecule has 0 radical (unpaired) electrons. The van der Waals surface area contributed by atoms with E-state index in [9.17, 15) is 0 Å². The lowest BCUT2D eigenvalue weighted by Crippen LogP contribution is -2.34. The van der Waals surface area contributed by atoms with Crippen molar-refractivity contribution in [1.29, 1.82) is 0 Å². The van der Waals surface area contributed by atoms with E-state index in [1.807, 2.05) is 13.8 Å². The van der Waals surface area contributed by atoms with Gasteiger partial charge >= 0.3 is 0 Å². The Balaban J connectivity index is 0.000000318. The van der Waals surface area contributed by atoms with Gasteiger partial charge in [0.1, 0.15) is 0 Å². The van der Waals surface area contributed by atoms with E-state index < -0.39 is 0 Å². The van der Waals surface area contributed by atoms with Gasteiger partial charge in [-0.25, -0.2) is 0 Å². The Labute approximate surface area is 110 Å². The van der Waals surface area contributed by atoms with Crippen molar-refractivity contribution in [2.45, 2.75) is 64.1 Å². The van der Waals surface area contributed by atoms with Gasteiger partial charge in [0.05, 0.1) is 11.8 Å². The summed E-state index contributed by atoms with van der Waals surface area (Å²) in [6.07, 6.45) is 6.66. The Morgan fingerprint density at radius 3 is 2.12 bits per heavy atom. The monoisotopic (exact) mass is 261 g/mol. The van der Waals surface area contributed by atoms with Crippen molar-refractivity contribution in [3.63, 3.8) is 0 Å². The molecule has 0 spiro atoms. The van der Waals surface area contributed by atoms with E-state index in [-0.39, 0.29) is 5.22 Å². The molecule has 17 heavy (non-hydrogen) atoms. The van der Waals surface area contributed by atoms with Gasteiger partial charge in [0, 0.05) is 29.5 Å². The predicted molar refractivity (Wildman–Crippen MR) is 77.5 cm³/mol. The maximum atomic E-state index is 5.63. The van der Waals surface area contributed by atoms with Crippen molar-refractivity contribution in [2.24, 2.45) is 5.73 Å². The lowest BCUT2D eigenvalue weighted by atomic mass is 9.97. The lowest BCUT2D eigenvalue weighted by molar-refractivity contribution is -0.0265. The van der Waals surface area contributed by atoms with Gasteiger partial charge in [-0.15, -0.1) is 0 Å². The highest BCUT2D eigenvalue weighted by atomic mass is 28.1. The van der Waals surface area contributed by atoms with Gasteiger partial charge in [0.15, 0.2) is 0 Å². The minimum absolute atomic E-state index is 0.0186. The SMILES string of the molecule is CCOCC(C)([SiH3])OCC.NC1CCCCC1. The summed E-state index contributed by atoms with van der Waals surface area (Å²) in [5.74, 6) is 0. The largest absolute Gasteiger partial charge is 0.379 e. The van der Waals surface area contributed by atoms with Gasteiger partial charge in [-0.05, 0) is 33.6 Å². The molecule has 2 N–H and O–H groups in total. The van der Waals surface area contributed by atoms with Gasteiger partial charge in [0.25, 0.3) is 0 Å². The van der Waals surface area contributed by atoms with Crippen molar-refractivity contribution in [3.05, 3.63) is 0 Å². The molecule has 0 aliphatic heterocycles. The average Bonchev–Trinajstić information content (AvgIpc) is 2.28. The van der Waals surface area contributed by atoms with Crippen LogP contribution < -0.4 is 5.73 Å². The fourth-order valence-electron chi connectivity index (χ4n) is 1.91. The Kier molecular flexibility index (Phi) is 10.1. The summed E-state index contributed by atoms with van der Waals surface area (Å²) in [4.78, 5) is 0. The quantitative estimate of drug-likeness (QED) is 0.761. The fraction of sp³-hybridized carbons (Fsp3) is 1.00. The molecule has 0 aromatic heterocycles. The minimum Gasteiger partial charge on any atom is -0.379 e. The average molecular weight is 261 g/mol. The summed E-state index contributed by atoms with van der Waals surface area (Å²) in [5.41, 5.74) is 5.63. The molecule has 3 nitrogen and oxygen atoms in total. The third-order valence-electron chi connectivity index (χ3n) is 2.84. The zero-order valence-corrected chi connectivity index (χ0v) is 14.1. The van der Waals surface area contributed by atoms with Gasteiger partial charge in [-0.3, -0.25) is 0 Å². The first-order valence-corrected chi connectivity index (χ1v) is 7.99. The van der Waals surface area contributed by atoms with E-state index >= 15 is 0 Å². The number of nitrogens with two attached hydrogens (primary N) is 1. The minimum atomic E-state index is 0.0186. The van der Waals surface area contributed by atoms with E-state index in [0.29, 0.717) is 6.04 Å². The molecule has 0 saturated heterocycles. The summed E-state index contributed by atoms with van der Waals surface area (Å²) in [5, 5.41) is 0.0186. The molecule has 1 atom stereocenters. The highest BCUT2D eigenvalue weighted by molar-refractivity contribution is 6.14. The predicted octanol–water partition coefficient (Wildman–Crippen LogP) is 1.42. The van der Waals surface area contributed by atoms with Gasteiger partial charge < -0.3 is 15.2 Å². The molecular weight excluding hydrogens is 230 g/mol. The number of hydrogen-bond donors (Lipinski definition) is 1. The first-order valence-electron chi connectivity index (χ1n) is 6.99. The van der Waals surface area contributed by atoms with Crippen LogP contribution in [-0.2, 0) is 9.47 Å². The normalized spacial score (nSPS) is 20.5. The summed E-state index contributed by atoms with van der Waals surface area (Å²) in [6.45, 7) is 8.42. The van der Waals surface area contributed by atoms with Gasteiger partial charge in [-0.1, -0.05) is 19.3 Å². The molecule has 4 heteroatoms. The van der Waals surface area contributed by atoms with Gasteiger partial charge in [-0.2, -0.15) is 0 Å². The Morgan fingerprint density at radius 2 is 1.76 bits per heavy atom. The molecular formula is C13H31NO2Si. The van der Waals surface area contributed by atoms with E-state index in [1.54, 1.807) is 0 Å². The van der Waals surface area contributed by atoms with Crippen molar-refractivity contribution in [2.75, 3.05) is 19.8 Å². The van der Waals surface area contributed by atoms with E-state index in [0.717, 1.165) is 30.1 Å². The molecule has 1 fully saturated rings. The second-order valence-electron chi connectivity index (χ2n) is 5.23. The van der Waals surface area contributed by atoms with Gasteiger partial charge in [0.2, 0.25) is 0 Å². The smallest absolute Gasteiger partial charge is 0.0713 e. The van der Waals surface area contributed by atoms with Crippen molar-refractivity contribution in [1.82, 2.24) is 0 Å². The first kappa shape index (κ1) is 17.1. The zero-order chi connectivity index (χ0) is 13.1. The molecule has 0 aromatic carbocycles. The Bertz CT molecular complexity index is 171. The fourth-order valence-corrected chi connectivity index (χ4v) is 2.41. The second-order valence-corrected chi connectivity index (χ2v) is 7.34. The molecule has 1 aliphatic carbocycles. The van der Waals surface area contributed by atoms with E-state index in [4.69, 9.17) is 15.2 Å². The van der Waals surface area contributed by atoms with Crippen LogP contribution in [0.25, 0.3) is 0 Å². The first-order chi connectivity index (χ1) is 8.02. The molecule has 104 valence electrons. The maximum absolute atomic E-state index is 5.63. The van der Waals surface area contributed by atoms with Crippen LogP contribution in [0.3, 0.4) is 0 Å². The van der Waals surface area contributed by atoms with Crippen LogP contribution in [-0.4, -0.2) is 41.3 Å². The summed E-state index contributed by atoms with van der Waals surface area (Å²) in [6, 6.07) is 0.536. The zero-order valence-electron chi connectivity index (χ0n) is 12.1. The molecule has 1 saturated carbocycles. The van der Waals surface area contributed by atoms with E-state index in [1.165, 1.54) is 32.1 Å². The van der Waals surface area contributed by atoms with Crippen molar-refractivity contribution in [3.8, 4) is 0 Å². The maximum Gasteiger partial charge on any atom is 0.0713 e. The number of rotatable bonds is 5. The molecule has 0 aromatic rings. The number of ether oxygens (including phenoxy) is 2. The lowest BCUT2D eigenvalue weighted by Gasteiger charge is -2.23. The van der Waals surface area contributed by atoms with Crippen LogP contribution in [0, 0.1) is 0 Å². The highest BCUT2D eigenvalue weighted by Gasteiger charge is 2.16. The van der Waals surface area contributed by atoms with Crippen LogP contribution in [0.4, 0.5) is 0 Å². The van der Waals surface area contributed by atoms with Crippen LogP contribution in [0.15, 0.2) is 0 Å². The van der Waals surface area contributed by atoms with Crippen LogP contribution in [0.5, 0.6) is 0 Å². The van der Waals surface area contributed by atoms with Crippen molar-refractivity contribution >= 4 is 10.2 Å². The summed E-state index contributed by atoms with van der Waals surface area (Å²) in [7, 11) is 1.02. The Morgan fingerprint density at radius 1 is 1.18 bits per heavy atom. The number of hydrogen-bond acceptors (Lipinski definition) is 3. The van der Waals surface area contributed by atoms with Crippen LogP contribution in [0.2, 0.25) is 0 Å². The third-order valence-corrected chi connectivity index (χ3v) is 3.42. The Hall–Kier alpha value is 0.0969. The summed E-state index contributed by atoms with van der Waals surface area (Å²) < 4.78 is 10.7. The molecule has 1 unspecified atom stereocenters.